The molecule has 1 aromatic carbocycles. The molecule has 0 radical (unpaired) electrons. The van der Waals surface area contributed by atoms with Gasteiger partial charge in [0.25, 0.3) is 0 Å². The summed E-state index contributed by atoms with van der Waals surface area (Å²) in [5.74, 6) is -0.166. The predicted octanol–water partition coefficient (Wildman–Crippen LogP) is 2.31. The molecule has 2 fully saturated rings. The Labute approximate surface area is 131 Å². The fourth-order valence-corrected chi connectivity index (χ4v) is 3.27. The van der Waals surface area contributed by atoms with Gasteiger partial charge < -0.3 is 10.6 Å². The van der Waals surface area contributed by atoms with Crippen molar-refractivity contribution in [2.75, 3.05) is 0 Å². The minimum absolute atomic E-state index is 0.00910. The Morgan fingerprint density at radius 1 is 1.09 bits per heavy atom. The normalized spacial score (nSPS) is 24.0. The van der Waals surface area contributed by atoms with Crippen molar-refractivity contribution in [3.8, 4) is 0 Å². The van der Waals surface area contributed by atoms with Crippen LogP contribution < -0.4 is 10.6 Å². The van der Waals surface area contributed by atoms with E-state index in [2.05, 4.69) is 10.6 Å². The van der Waals surface area contributed by atoms with Gasteiger partial charge in [-0.15, -0.1) is 0 Å². The quantitative estimate of drug-likeness (QED) is 0.876. The lowest BCUT2D eigenvalue weighted by atomic mass is 10.1. The van der Waals surface area contributed by atoms with Crippen molar-refractivity contribution in [1.29, 1.82) is 0 Å². The zero-order valence-electron chi connectivity index (χ0n) is 13.1. The van der Waals surface area contributed by atoms with E-state index in [1.807, 2.05) is 31.2 Å². The molecular formula is C18H24N2O2. The maximum atomic E-state index is 12.2. The Hall–Kier alpha value is -1.84. The highest BCUT2D eigenvalue weighted by Crippen LogP contribution is 2.39. The highest BCUT2D eigenvalue weighted by atomic mass is 16.2. The van der Waals surface area contributed by atoms with Crippen LogP contribution in [0, 0.1) is 18.8 Å². The second kappa shape index (κ2) is 6.51. The minimum Gasteiger partial charge on any atom is -0.353 e. The molecule has 2 aliphatic rings. The Bertz CT molecular complexity index is 564. The van der Waals surface area contributed by atoms with Gasteiger partial charge in [-0.1, -0.05) is 37.1 Å². The van der Waals surface area contributed by atoms with E-state index >= 15 is 0 Å². The van der Waals surface area contributed by atoms with Gasteiger partial charge in [-0.25, -0.2) is 0 Å². The summed E-state index contributed by atoms with van der Waals surface area (Å²) in [6.45, 7) is 2.58. The van der Waals surface area contributed by atoms with E-state index in [9.17, 15) is 9.59 Å². The van der Waals surface area contributed by atoms with Crippen LogP contribution in [0.4, 0.5) is 0 Å². The van der Waals surface area contributed by atoms with Gasteiger partial charge in [0.2, 0.25) is 11.8 Å². The smallest absolute Gasteiger partial charge is 0.224 e. The lowest BCUT2D eigenvalue weighted by Gasteiger charge is -2.11. The molecule has 1 aromatic rings. The summed E-state index contributed by atoms with van der Waals surface area (Å²) in [5.41, 5.74) is 2.30. The molecular weight excluding hydrogens is 276 g/mol. The molecule has 0 heterocycles. The van der Waals surface area contributed by atoms with Crippen LogP contribution in [0.1, 0.15) is 43.2 Å². The Morgan fingerprint density at radius 2 is 1.77 bits per heavy atom. The fourth-order valence-electron chi connectivity index (χ4n) is 3.27. The molecule has 2 aliphatic carbocycles. The molecule has 3 rings (SSSR count). The van der Waals surface area contributed by atoms with Crippen LogP contribution in [0.2, 0.25) is 0 Å². The Kier molecular flexibility index (Phi) is 4.46. The van der Waals surface area contributed by atoms with Crippen molar-refractivity contribution in [3.63, 3.8) is 0 Å². The number of benzene rings is 1. The van der Waals surface area contributed by atoms with Crippen molar-refractivity contribution in [2.24, 2.45) is 11.8 Å². The second-order valence-electron chi connectivity index (χ2n) is 6.58. The molecule has 2 amide bonds. The Balaban J connectivity index is 1.44. The lowest BCUT2D eigenvalue weighted by molar-refractivity contribution is -0.127. The summed E-state index contributed by atoms with van der Waals surface area (Å²) in [4.78, 5) is 24.3. The monoisotopic (exact) mass is 300 g/mol. The van der Waals surface area contributed by atoms with Crippen molar-refractivity contribution in [1.82, 2.24) is 10.6 Å². The van der Waals surface area contributed by atoms with Gasteiger partial charge in [0.15, 0.2) is 0 Å². The van der Waals surface area contributed by atoms with Crippen molar-refractivity contribution < 1.29 is 9.59 Å². The van der Waals surface area contributed by atoms with Gasteiger partial charge >= 0.3 is 0 Å². The number of carbonyl (C=O) groups is 2. The topological polar surface area (TPSA) is 58.2 Å². The number of nitrogens with one attached hydrogen (secondary N) is 2. The van der Waals surface area contributed by atoms with Gasteiger partial charge in [0.1, 0.15) is 0 Å². The highest BCUT2D eigenvalue weighted by Gasteiger charge is 2.48. The molecule has 2 unspecified atom stereocenters. The molecule has 0 spiro atoms. The first kappa shape index (κ1) is 15.1. The first-order valence-electron chi connectivity index (χ1n) is 8.28. The molecule has 118 valence electrons. The van der Waals surface area contributed by atoms with E-state index in [-0.39, 0.29) is 23.7 Å². The van der Waals surface area contributed by atoms with Gasteiger partial charge in [-0.05, 0) is 37.3 Å². The summed E-state index contributed by atoms with van der Waals surface area (Å²) in [7, 11) is 0. The van der Waals surface area contributed by atoms with Crippen molar-refractivity contribution in [3.05, 3.63) is 35.4 Å². The van der Waals surface area contributed by atoms with Crippen LogP contribution in [-0.4, -0.2) is 17.9 Å². The minimum atomic E-state index is -0.134. The van der Waals surface area contributed by atoms with E-state index < -0.39 is 0 Å². The number of hydrogen-bond acceptors (Lipinski definition) is 2. The molecule has 2 atom stereocenters. The van der Waals surface area contributed by atoms with Crippen molar-refractivity contribution >= 4 is 11.8 Å². The molecule has 0 aliphatic heterocycles. The van der Waals surface area contributed by atoms with Crippen molar-refractivity contribution in [2.45, 2.75) is 51.6 Å². The van der Waals surface area contributed by atoms with Gasteiger partial charge in [0, 0.05) is 12.6 Å². The van der Waals surface area contributed by atoms with Crippen LogP contribution in [-0.2, 0) is 16.1 Å². The molecule has 0 saturated heterocycles. The molecule has 4 heteroatoms. The average Bonchev–Trinajstić information content (AvgIpc) is 3.17. The van der Waals surface area contributed by atoms with Gasteiger partial charge in [-0.3, -0.25) is 9.59 Å². The average molecular weight is 300 g/mol. The lowest BCUT2D eigenvalue weighted by Crippen LogP contribution is -2.35. The fraction of sp³-hybridized carbons (Fsp3) is 0.556. The maximum Gasteiger partial charge on any atom is 0.224 e. The summed E-state index contributed by atoms with van der Waals surface area (Å²) in [6, 6.07) is 8.36. The molecule has 4 nitrogen and oxygen atoms in total. The van der Waals surface area contributed by atoms with E-state index in [1.165, 1.54) is 18.4 Å². The van der Waals surface area contributed by atoms with E-state index in [0.717, 1.165) is 18.4 Å². The summed E-state index contributed by atoms with van der Waals surface area (Å²) in [5, 5.41) is 6.05. The molecule has 0 bridgehead atoms. The third kappa shape index (κ3) is 3.49. The Morgan fingerprint density at radius 3 is 2.50 bits per heavy atom. The summed E-state index contributed by atoms with van der Waals surface area (Å²) < 4.78 is 0. The zero-order valence-corrected chi connectivity index (χ0v) is 13.1. The second-order valence-corrected chi connectivity index (χ2v) is 6.58. The number of aryl methyl sites for hydroxylation is 1. The number of hydrogen-bond donors (Lipinski definition) is 2. The first-order valence-corrected chi connectivity index (χ1v) is 8.28. The molecule has 2 saturated carbocycles. The predicted molar refractivity (Wildman–Crippen MR) is 85.0 cm³/mol. The molecule has 22 heavy (non-hydrogen) atoms. The number of rotatable bonds is 5. The summed E-state index contributed by atoms with van der Waals surface area (Å²) >= 11 is 0. The molecule has 2 N–H and O–H groups in total. The van der Waals surface area contributed by atoms with Crippen LogP contribution in [0.3, 0.4) is 0 Å². The number of amides is 2. The third-order valence-electron chi connectivity index (χ3n) is 4.88. The number of carbonyl (C=O) groups excluding carboxylic acids is 2. The summed E-state index contributed by atoms with van der Waals surface area (Å²) in [6.07, 6.45) is 5.27. The van der Waals surface area contributed by atoms with Crippen LogP contribution in [0.5, 0.6) is 0 Å². The maximum absolute atomic E-state index is 12.2. The zero-order chi connectivity index (χ0) is 15.5. The SMILES string of the molecule is Cc1ccccc1CNC(=O)C1CC1C(=O)NC1CCCC1. The van der Waals surface area contributed by atoms with Crippen LogP contribution >= 0.6 is 0 Å². The van der Waals surface area contributed by atoms with Gasteiger partial charge in [-0.2, -0.15) is 0 Å². The van der Waals surface area contributed by atoms with Crippen LogP contribution in [0.25, 0.3) is 0 Å². The van der Waals surface area contributed by atoms with E-state index in [1.54, 1.807) is 0 Å². The van der Waals surface area contributed by atoms with E-state index in [0.29, 0.717) is 19.0 Å². The molecule has 0 aromatic heterocycles. The van der Waals surface area contributed by atoms with Crippen LogP contribution in [0.15, 0.2) is 24.3 Å². The highest BCUT2D eigenvalue weighted by molar-refractivity contribution is 5.92. The van der Waals surface area contributed by atoms with Gasteiger partial charge in [0.05, 0.1) is 11.8 Å². The van der Waals surface area contributed by atoms with E-state index in [4.69, 9.17) is 0 Å². The largest absolute Gasteiger partial charge is 0.353 e. The standard InChI is InChI=1S/C18H24N2O2/c1-12-6-2-3-7-13(12)11-19-17(21)15-10-16(15)18(22)20-14-8-4-5-9-14/h2-3,6-7,14-16H,4-5,8-11H2,1H3,(H,19,21)(H,20,22). The first-order chi connectivity index (χ1) is 10.6. The third-order valence-corrected chi connectivity index (χ3v) is 4.88.